The van der Waals surface area contributed by atoms with Crippen molar-refractivity contribution in [2.75, 3.05) is 11.9 Å². The van der Waals surface area contributed by atoms with Crippen molar-refractivity contribution in [3.05, 3.63) is 29.8 Å². The summed E-state index contributed by atoms with van der Waals surface area (Å²) < 4.78 is 0. The summed E-state index contributed by atoms with van der Waals surface area (Å²) in [6.45, 7) is 1.78. The SMILES string of the molecule is CC(=O)c1cccc(NCC(=O)NC2CCCCC2)c1. The van der Waals surface area contributed by atoms with Crippen LogP contribution in [0.3, 0.4) is 0 Å². The Morgan fingerprint density at radius 2 is 1.95 bits per heavy atom. The van der Waals surface area contributed by atoms with Crippen LogP contribution in [0.5, 0.6) is 0 Å². The molecule has 0 atom stereocenters. The lowest BCUT2D eigenvalue weighted by atomic mass is 9.95. The van der Waals surface area contributed by atoms with Gasteiger partial charge in [0.15, 0.2) is 5.78 Å². The van der Waals surface area contributed by atoms with Gasteiger partial charge in [0, 0.05) is 17.3 Å². The Kier molecular flexibility index (Phi) is 5.16. The molecular formula is C16H22N2O2. The van der Waals surface area contributed by atoms with Crippen LogP contribution in [0, 0.1) is 0 Å². The zero-order chi connectivity index (χ0) is 14.4. The second-order valence-electron chi connectivity index (χ2n) is 5.39. The third-order valence-electron chi connectivity index (χ3n) is 3.69. The molecule has 0 heterocycles. The molecule has 1 aromatic carbocycles. The third-order valence-corrected chi connectivity index (χ3v) is 3.69. The average Bonchev–Trinajstić information content (AvgIpc) is 2.46. The van der Waals surface area contributed by atoms with Gasteiger partial charge in [0.2, 0.25) is 5.91 Å². The first-order chi connectivity index (χ1) is 9.65. The van der Waals surface area contributed by atoms with E-state index in [4.69, 9.17) is 0 Å². The Balaban J connectivity index is 1.80. The summed E-state index contributed by atoms with van der Waals surface area (Å²) in [5.74, 6) is 0.0467. The molecule has 0 aromatic heterocycles. The number of ketones is 1. The number of benzene rings is 1. The maximum atomic E-state index is 11.9. The molecule has 108 valence electrons. The van der Waals surface area contributed by atoms with Crippen molar-refractivity contribution in [1.82, 2.24) is 5.32 Å². The van der Waals surface area contributed by atoms with Crippen LogP contribution in [-0.2, 0) is 4.79 Å². The Morgan fingerprint density at radius 3 is 2.65 bits per heavy atom. The van der Waals surface area contributed by atoms with Crippen LogP contribution >= 0.6 is 0 Å². The van der Waals surface area contributed by atoms with Crippen molar-refractivity contribution in [3.63, 3.8) is 0 Å². The van der Waals surface area contributed by atoms with Gasteiger partial charge in [-0.05, 0) is 31.9 Å². The predicted molar refractivity (Wildman–Crippen MR) is 80.0 cm³/mol. The van der Waals surface area contributed by atoms with E-state index in [1.165, 1.54) is 26.2 Å². The standard InChI is InChI=1S/C16H22N2O2/c1-12(19)13-6-5-9-15(10-13)17-11-16(20)18-14-7-3-2-4-8-14/h5-6,9-10,14,17H,2-4,7-8,11H2,1H3,(H,18,20). The van der Waals surface area contributed by atoms with Crippen molar-refractivity contribution in [2.45, 2.75) is 45.1 Å². The number of rotatable bonds is 5. The Labute approximate surface area is 119 Å². The molecule has 1 saturated carbocycles. The van der Waals surface area contributed by atoms with E-state index in [2.05, 4.69) is 10.6 Å². The van der Waals surface area contributed by atoms with E-state index in [0.717, 1.165) is 18.5 Å². The van der Waals surface area contributed by atoms with Gasteiger partial charge in [-0.25, -0.2) is 0 Å². The van der Waals surface area contributed by atoms with Gasteiger partial charge in [0.1, 0.15) is 0 Å². The highest BCUT2D eigenvalue weighted by Gasteiger charge is 2.15. The van der Waals surface area contributed by atoms with Gasteiger partial charge in [-0.15, -0.1) is 0 Å². The summed E-state index contributed by atoms with van der Waals surface area (Å²) in [7, 11) is 0. The molecule has 0 unspecified atom stereocenters. The fourth-order valence-electron chi connectivity index (χ4n) is 2.56. The molecule has 0 bridgehead atoms. The monoisotopic (exact) mass is 274 g/mol. The predicted octanol–water partition coefficient (Wildman–Crippen LogP) is 2.75. The summed E-state index contributed by atoms with van der Waals surface area (Å²) in [5.41, 5.74) is 1.46. The van der Waals surface area contributed by atoms with Crippen molar-refractivity contribution in [3.8, 4) is 0 Å². The zero-order valence-electron chi connectivity index (χ0n) is 11.9. The van der Waals surface area contributed by atoms with Crippen molar-refractivity contribution < 1.29 is 9.59 Å². The number of carbonyl (C=O) groups is 2. The van der Waals surface area contributed by atoms with Gasteiger partial charge < -0.3 is 10.6 Å². The quantitative estimate of drug-likeness (QED) is 0.812. The molecular weight excluding hydrogens is 252 g/mol. The van der Waals surface area contributed by atoms with Crippen molar-refractivity contribution in [2.24, 2.45) is 0 Å². The van der Waals surface area contributed by atoms with E-state index in [-0.39, 0.29) is 18.2 Å². The van der Waals surface area contributed by atoms with Gasteiger partial charge in [-0.1, -0.05) is 31.4 Å². The van der Waals surface area contributed by atoms with Crippen LogP contribution in [0.1, 0.15) is 49.4 Å². The summed E-state index contributed by atoms with van der Waals surface area (Å²) in [6.07, 6.45) is 5.87. The molecule has 1 aliphatic rings. The first-order valence-corrected chi connectivity index (χ1v) is 7.29. The third kappa shape index (κ3) is 4.37. The van der Waals surface area contributed by atoms with E-state index >= 15 is 0 Å². The van der Waals surface area contributed by atoms with Crippen LogP contribution in [0.2, 0.25) is 0 Å². The average molecular weight is 274 g/mol. The topological polar surface area (TPSA) is 58.2 Å². The number of amides is 1. The molecule has 4 nitrogen and oxygen atoms in total. The molecule has 2 rings (SSSR count). The Bertz CT molecular complexity index is 479. The molecule has 1 amide bonds. The molecule has 1 aromatic rings. The second kappa shape index (κ2) is 7.08. The fraction of sp³-hybridized carbons (Fsp3) is 0.500. The first kappa shape index (κ1) is 14.6. The van der Waals surface area contributed by atoms with Crippen LogP contribution in [-0.4, -0.2) is 24.3 Å². The van der Waals surface area contributed by atoms with E-state index < -0.39 is 0 Å². The number of carbonyl (C=O) groups excluding carboxylic acids is 2. The molecule has 0 spiro atoms. The fourth-order valence-corrected chi connectivity index (χ4v) is 2.56. The summed E-state index contributed by atoms with van der Waals surface area (Å²) in [4.78, 5) is 23.2. The van der Waals surface area contributed by atoms with Crippen molar-refractivity contribution in [1.29, 1.82) is 0 Å². The minimum Gasteiger partial charge on any atom is -0.376 e. The van der Waals surface area contributed by atoms with Crippen LogP contribution in [0.15, 0.2) is 24.3 Å². The number of hydrogen-bond acceptors (Lipinski definition) is 3. The number of anilines is 1. The number of Topliss-reactive ketones (excluding diaryl/α,β-unsaturated/α-hetero) is 1. The minimum atomic E-state index is 0.0186. The van der Waals surface area contributed by atoms with E-state index in [1.807, 2.05) is 12.1 Å². The molecule has 0 saturated heterocycles. The molecule has 1 aliphatic carbocycles. The molecule has 0 radical (unpaired) electrons. The van der Waals surface area contributed by atoms with Crippen LogP contribution in [0.4, 0.5) is 5.69 Å². The highest BCUT2D eigenvalue weighted by Crippen LogP contribution is 2.17. The normalized spacial score (nSPS) is 15.7. The largest absolute Gasteiger partial charge is 0.376 e. The van der Waals surface area contributed by atoms with Crippen LogP contribution in [0.25, 0.3) is 0 Å². The van der Waals surface area contributed by atoms with Crippen LogP contribution < -0.4 is 10.6 Å². The lowest BCUT2D eigenvalue weighted by Crippen LogP contribution is -2.39. The van der Waals surface area contributed by atoms with E-state index in [1.54, 1.807) is 12.1 Å². The van der Waals surface area contributed by atoms with Gasteiger partial charge in [0.25, 0.3) is 0 Å². The molecule has 20 heavy (non-hydrogen) atoms. The van der Waals surface area contributed by atoms with Gasteiger partial charge in [0.05, 0.1) is 6.54 Å². The van der Waals surface area contributed by atoms with Gasteiger partial charge in [-0.3, -0.25) is 9.59 Å². The summed E-state index contributed by atoms with van der Waals surface area (Å²) >= 11 is 0. The summed E-state index contributed by atoms with van der Waals surface area (Å²) in [6, 6.07) is 7.56. The molecule has 4 heteroatoms. The smallest absolute Gasteiger partial charge is 0.239 e. The second-order valence-corrected chi connectivity index (χ2v) is 5.39. The van der Waals surface area contributed by atoms with Gasteiger partial charge in [-0.2, -0.15) is 0 Å². The maximum Gasteiger partial charge on any atom is 0.239 e. The number of nitrogens with one attached hydrogen (secondary N) is 2. The Hall–Kier alpha value is -1.84. The molecule has 1 fully saturated rings. The zero-order valence-corrected chi connectivity index (χ0v) is 11.9. The lowest BCUT2D eigenvalue weighted by molar-refractivity contribution is -0.120. The first-order valence-electron chi connectivity index (χ1n) is 7.29. The minimum absolute atomic E-state index is 0.0186. The lowest BCUT2D eigenvalue weighted by Gasteiger charge is -2.22. The summed E-state index contributed by atoms with van der Waals surface area (Å²) in [5, 5.41) is 6.12. The van der Waals surface area contributed by atoms with E-state index in [9.17, 15) is 9.59 Å². The number of hydrogen-bond donors (Lipinski definition) is 2. The van der Waals surface area contributed by atoms with E-state index in [0.29, 0.717) is 11.6 Å². The van der Waals surface area contributed by atoms with Crippen molar-refractivity contribution >= 4 is 17.4 Å². The maximum absolute atomic E-state index is 11.9. The molecule has 2 N–H and O–H groups in total. The highest BCUT2D eigenvalue weighted by molar-refractivity contribution is 5.95. The Morgan fingerprint density at radius 1 is 1.20 bits per heavy atom. The highest BCUT2D eigenvalue weighted by atomic mass is 16.2. The molecule has 0 aliphatic heterocycles. The van der Waals surface area contributed by atoms with Gasteiger partial charge >= 0.3 is 0 Å².